The first kappa shape index (κ1) is 23.6. The minimum absolute atomic E-state index is 0.0367. The second-order valence-electron chi connectivity index (χ2n) is 9.27. The molecule has 1 amide bonds. The zero-order valence-corrected chi connectivity index (χ0v) is 20.9. The van der Waals surface area contributed by atoms with Crippen molar-refractivity contribution >= 4 is 16.9 Å². The summed E-state index contributed by atoms with van der Waals surface area (Å²) in [6.07, 6.45) is 0. The molecule has 4 rings (SSSR count). The van der Waals surface area contributed by atoms with Crippen LogP contribution in [0.25, 0.3) is 11.0 Å². The van der Waals surface area contributed by atoms with Crippen molar-refractivity contribution < 1.29 is 9.53 Å². The number of carbonyl (C=O) groups is 1. The number of hydrogen-bond acceptors (Lipinski definition) is 3. The highest BCUT2D eigenvalue weighted by Crippen LogP contribution is 2.25. The van der Waals surface area contributed by atoms with Gasteiger partial charge in [-0.1, -0.05) is 42.0 Å². The summed E-state index contributed by atoms with van der Waals surface area (Å²) in [7, 11) is 0. The van der Waals surface area contributed by atoms with E-state index >= 15 is 0 Å². The molecule has 0 saturated heterocycles. The monoisotopic (exact) mass is 455 g/mol. The number of nitrogens with zero attached hydrogens (tertiary/aromatic N) is 2. The Morgan fingerprint density at radius 2 is 1.65 bits per heavy atom. The molecule has 5 nitrogen and oxygen atoms in total. The molecule has 1 heterocycles. The first-order valence-electron chi connectivity index (χ1n) is 11.7. The van der Waals surface area contributed by atoms with E-state index in [4.69, 9.17) is 9.72 Å². The maximum atomic E-state index is 12.8. The molecule has 0 spiro atoms. The minimum Gasteiger partial charge on any atom is -0.483 e. The average Bonchev–Trinajstić information content (AvgIpc) is 3.15. The number of amides is 1. The van der Waals surface area contributed by atoms with Crippen LogP contribution in [0.5, 0.6) is 5.75 Å². The van der Waals surface area contributed by atoms with Crippen LogP contribution in [0.1, 0.15) is 52.2 Å². The topological polar surface area (TPSA) is 56.2 Å². The van der Waals surface area contributed by atoms with Crippen LogP contribution in [-0.2, 0) is 11.3 Å². The predicted octanol–water partition coefficient (Wildman–Crippen LogP) is 5.88. The molecule has 0 aliphatic carbocycles. The molecule has 0 bridgehead atoms. The first-order chi connectivity index (χ1) is 16.2. The Balaban J connectivity index is 1.57. The molecule has 176 valence electrons. The Kier molecular flexibility index (Phi) is 6.73. The van der Waals surface area contributed by atoms with Crippen LogP contribution in [0.3, 0.4) is 0 Å². The molecule has 1 N–H and O–H groups in total. The zero-order valence-electron chi connectivity index (χ0n) is 20.9. The molecule has 1 atom stereocenters. The van der Waals surface area contributed by atoms with Gasteiger partial charge in [0.2, 0.25) is 0 Å². The van der Waals surface area contributed by atoms with Crippen molar-refractivity contribution in [2.75, 3.05) is 6.61 Å². The van der Waals surface area contributed by atoms with Crippen LogP contribution in [0.2, 0.25) is 0 Å². The number of para-hydroxylation sites is 2. The van der Waals surface area contributed by atoms with Crippen molar-refractivity contribution in [3.05, 3.63) is 93.8 Å². The quantitative estimate of drug-likeness (QED) is 0.378. The van der Waals surface area contributed by atoms with E-state index in [0.717, 1.165) is 33.7 Å². The molecule has 0 radical (unpaired) electrons. The highest BCUT2D eigenvalue weighted by molar-refractivity contribution is 5.79. The summed E-state index contributed by atoms with van der Waals surface area (Å²) in [5.41, 5.74) is 9.17. The molecule has 5 heteroatoms. The maximum absolute atomic E-state index is 12.8. The van der Waals surface area contributed by atoms with Gasteiger partial charge in [0.25, 0.3) is 5.91 Å². The second-order valence-corrected chi connectivity index (χ2v) is 9.27. The number of ether oxygens (including phenoxy) is 1. The van der Waals surface area contributed by atoms with Gasteiger partial charge in [-0.15, -0.1) is 0 Å². The van der Waals surface area contributed by atoms with Crippen molar-refractivity contribution in [3.63, 3.8) is 0 Å². The van der Waals surface area contributed by atoms with Gasteiger partial charge in [-0.2, -0.15) is 0 Å². The molecule has 0 aliphatic rings. The normalized spacial score (nSPS) is 12.1. The fraction of sp³-hybridized carbons (Fsp3) is 0.310. The summed E-state index contributed by atoms with van der Waals surface area (Å²) >= 11 is 0. The van der Waals surface area contributed by atoms with E-state index in [1.54, 1.807) is 0 Å². The first-order valence-corrected chi connectivity index (χ1v) is 11.7. The number of fused-ring (bicyclic) bond motifs is 1. The smallest absolute Gasteiger partial charge is 0.258 e. The molecular weight excluding hydrogens is 422 g/mol. The third-order valence-corrected chi connectivity index (χ3v) is 6.31. The summed E-state index contributed by atoms with van der Waals surface area (Å²) in [5, 5.41) is 3.08. The molecule has 4 aromatic rings. The Labute approximate surface area is 201 Å². The Bertz CT molecular complexity index is 1330. The molecule has 3 aromatic carbocycles. The summed E-state index contributed by atoms with van der Waals surface area (Å²) < 4.78 is 8.02. The van der Waals surface area contributed by atoms with Crippen LogP contribution in [-0.4, -0.2) is 22.1 Å². The molecular formula is C29H33N3O2. The lowest BCUT2D eigenvalue weighted by atomic mass is 9.99. The SMILES string of the molecule is Cc1cc(C)c(Cn2c(C(C)NC(=O)COc3cc(C)ccc3C)nc3ccccc32)c(C)c1. The number of hydrogen-bond donors (Lipinski definition) is 1. The van der Waals surface area contributed by atoms with E-state index in [-0.39, 0.29) is 18.6 Å². The molecule has 1 aromatic heterocycles. The van der Waals surface area contributed by atoms with Crippen LogP contribution in [0.4, 0.5) is 0 Å². The molecule has 34 heavy (non-hydrogen) atoms. The van der Waals surface area contributed by atoms with Crippen LogP contribution in [0.15, 0.2) is 54.6 Å². The number of aromatic nitrogens is 2. The van der Waals surface area contributed by atoms with Crippen LogP contribution >= 0.6 is 0 Å². The van der Waals surface area contributed by atoms with Crippen molar-refractivity contribution in [1.82, 2.24) is 14.9 Å². The van der Waals surface area contributed by atoms with Gasteiger partial charge in [0, 0.05) is 6.54 Å². The summed E-state index contributed by atoms with van der Waals surface area (Å²) in [4.78, 5) is 17.6. The number of nitrogens with one attached hydrogen (secondary N) is 1. The van der Waals surface area contributed by atoms with E-state index in [1.807, 2.05) is 57.2 Å². The third kappa shape index (κ3) is 4.98. The van der Waals surface area contributed by atoms with Gasteiger partial charge >= 0.3 is 0 Å². The van der Waals surface area contributed by atoms with Crippen LogP contribution < -0.4 is 10.1 Å². The Hall–Kier alpha value is -3.60. The fourth-order valence-corrected chi connectivity index (χ4v) is 4.56. The van der Waals surface area contributed by atoms with Crippen molar-refractivity contribution in [2.24, 2.45) is 0 Å². The number of imidazole rings is 1. The highest BCUT2D eigenvalue weighted by Gasteiger charge is 2.20. The lowest BCUT2D eigenvalue weighted by molar-refractivity contribution is -0.123. The van der Waals surface area contributed by atoms with E-state index in [2.05, 4.69) is 48.9 Å². The van der Waals surface area contributed by atoms with E-state index in [9.17, 15) is 4.79 Å². The second kappa shape index (κ2) is 9.72. The molecule has 0 fully saturated rings. The third-order valence-electron chi connectivity index (χ3n) is 6.31. The van der Waals surface area contributed by atoms with Gasteiger partial charge in [0.15, 0.2) is 6.61 Å². The fourth-order valence-electron chi connectivity index (χ4n) is 4.56. The standard InChI is InChI=1S/C29H33N3O2/c1-18-11-12-20(3)27(15-18)34-17-28(33)30-23(6)29-31-25-9-7-8-10-26(25)32(29)16-24-21(4)13-19(2)14-22(24)5/h7-15,23H,16-17H2,1-6H3,(H,30,33). The van der Waals surface area contributed by atoms with E-state index in [1.165, 1.54) is 22.3 Å². The van der Waals surface area contributed by atoms with E-state index in [0.29, 0.717) is 6.54 Å². The number of aryl methyl sites for hydroxylation is 5. The predicted molar refractivity (Wildman–Crippen MR) is 137 cm³/mol. The average molecular weight is 456 g/mol. The Morgan fingerprint density at radius 3 is 2.38 bits per heavy atom. The molecule has 0 aliphatic heterocycles. The van der Waals surface area contributed by atoms with Crippen molar-refractivity contribution in [3.8, 4) is 5.75 Å². The Morgan fingerprint density at radius 1 is 0.941 bits per heavy atom. The summed E-state index contributed by atoms with van der Waals surface area (Å²) in [5.74, 6) is 1.40. The van der Waals surface area contributed by atoms with Gasteiger partial charge < -0.3 is 14.6 Å². The molecule has 1 unspecified atom stereocenters. The van der Waals surface area contributed by atoms with Gasteiger partial charge in [-0.05, 0) is 87.6 Å². The minimum atomic E-state index is -0.270. The van der Waals surface area contributed by atoms with Gasteiger partial charge in [-0.3, -0.25) is 4.79 Å². The lowest BCUT2D eigenvalue weighted by Gasteiger charge is -2.19. The van der Waals surface area contributed by atoms with Gasteiger partial charge in [-0.25, -0.2) is 4.98 Å². The van der Waals surface area contributed by atoms with Crippen molar-refractivity contribution in [1.29, 1.82) is 0 Å². The number of carbonyl (C=O) groups excluding carboxylic acids is 1. The van der Waals surface area contributed by atoms with Crippen molar-refractivity contribution in [2.45, 2.75) is 54.1 Å². The number of benzene rings is 3. The maximum Gasteiger partial charge on any atom is 0.258 e. The zero-order chi connectivity index (χ0) is 24.4. The van der Waals surface area contributed by atoms with Crippen LogP contribution in [0, 0.1) is 34.6 Å². The highest BCUT2D eigenvalue weighted by atomic mass is 16.5. The summed E-state index contributed by atoms with van der Waals surface area (Å²) in [6, 6.07) is 18.3. The lowest BCUT2D eigenvalue weighted by Crippen LogP contribution is -2.33. The summed E-state index contributed by atoms with van der Waals surface area (Å²) in [6.45, 7) is 13.1. The number of rotatable bonds is 7. The molecule has 0 saturated carbocycles. The van der Waals surface area contributed by atoms with Gasteiger partial charge in [0.05, 0.1) is 17.1 Å². The van der Waals surface area contributed by atoms with Gasteiger partial charge in [0.1, 0.15) is 11.6 Å². The van der Waals surface area contributed by atoms with E-state index < -0.39 is 0 Å². The largest absolute Gasteiger partial charge is 0.483 e.